The second-order valence-corrected chi connectivity index (χ2v) is 5.59. The number of hydrogen-bond donors (Lipinski definition) is 1. The van der Waals surface area contributed by atoms with Gasteiger partial charge in [-0.1, -0.05) is 48.0 Å². The van der Waals surface area contributed by atoms with E-state index in [2.05, 4.69) is 31.2 Å². The summed E-state index contributed by atoms with van der Waals surface area (Å²) in [7, 11) is 0. The first-order valence-corrected chi connectivity index (χ1v) is 7.38. The molecule has 1 heterocycles. The molecule has 1 aliphatic rings. The fourth-order valence-corrected chi connectivity index (χ4v) is 2.76. The van der Waals surface area contributed by atoms with Crippen LogP contribution in [-0.4, -0.2) is 29.9 Å². The molecule has 1 fully saturated rings. The van der Waals surface area contributed by atoms with Crippen LogP contribution in [0.3, 0.4) is 0 Å². The molecule has 3 rings (SSSR count). The maximum absolute atomic E-state index is 12.7. The van der Waals surface area contributed by atoms with Gasteiger partial charge in [0.05, 0.1) is 0 Å². The van der Waals surface area contributed by atoms with Gasteiger partial charge in [0.1, 0.15) is 0 Å². The molecule has 0 radical (unpaired) electrons. The molecule has 1 unspecified atom stereocenters. The van der Waals surface area contributed by atoms with Gasteiger partial charge in [0.25, 0.3) is 5.91 Å². The summed E-state index contributed by atoms with van der Waals surface area (Å²) >= 11 is 0. The summed E-state index contributed by atoms with van der Waals surface area (Å²) < 4.78 is 0. The first-order chi connectivity index (χ1) is 10.2. The van der Waals surface area contributed by atoms with Gasteiger partial charge in [0.15, 0.2) is 0 Å². The number of likely N-dealkylation sites (tertiary alicyclic amines) is 1. The largest absolute Gasteiger partial charge is 0.334 e. The average molecular weight is 280 g/mol. The van der Waals surface area contributed by atoms with Gasteiger partial charge < -0.3 is 10.6 Å². The van der Waals surface area contributed by atoms with Crippen LogP contribution >= 0.6 is 0 Å². The number of carbonyl (C=O) groups excluding carboxylic acids is 1. The minimum Gasteiger partial charge on any atom is -0.334 e. The highest BCUT2D eigenvalue weighted by molar-refractivity contribution is 6.01. The summed E-state index contributed by atoms with van der Waals surface area (Å²) in [6.07, 6.45) is 1.01. The van der Waals surface area contributed by atoms with Crippen molar-refractivity contribution in [2.45, 2.75) is 19.4 Å². The van der Waals surface area contributed by atoms with Gasteiger partial charge in [-0.15, -0.1) is 0 Å². The Hall–Kier alpha value is -2.13. The van der Waals surface area contributed by atoms with Crippen molar-refractivity contribution in [1.82, 2.24) is 4.90 Å². The van der Waals surface area contributed by atoms with Gasteiger partial charge in [-0.3, -0.25) is 4.79 Å². The third-order valence-electron chi connectivity index (χ3n) is 4.20. The van der Waals surface area contributed by atoms with Gasteiger partial charge in [-0.2, -0.15) is 0 Å². The fraction of sp³-hybridized carbons (Fsp3) is 0.278. The van der Waals surface area contributed by atoms with Crippen molar-refractivity contribution < 1.29 is 4.79 Å². The van der Waals surface area contributed by atoms with Gasteiger partial charge in [-0.25, -0.2) is 0 Å². The number of aryl methyl sites for hydroxylation is 1. The van der Waals surface area contributed by atoms with Crippen LogP contribution in [0.1, 0.15) is 22.3 Å². The van der Waals surface area contributed by atoms with E-state index in [1.807, 2.05) is 29.2 Å². The molecule has 0 aromatic heterocycles. The fourth-order valence-electron chi connectivity index (χ4n) is 2.76. The van der Waals surface area contributed by atoms with Gasteiger partial charge >= 0.3 is 0 Å². The van der Waals surface area contributed by atoms with E-state index in [4.69, 9.17) is 5.73 Å². The Kier molecular flexibility index (Phi) is 3.76. The molecule has 1 atom stereocenters. The number of amides is 1. The Morgan fingerprint density at radius 2 is 1.90 bits per heavy atom. The maximum atomic E-state index is 12.7. The van der Waals surface area contributed by atoms with Gasteiger partial charge in [-0.05, 0) is 30.5 Å². The zero-order valence-electron chi connectivity index (χ0n) is 12.3. The van der Waals surface area contributed by atoms with E-state index in [-0.39, 0.29) is 11.9 Å². The van der Waals surface area contributed by atoms with E-state index in [9.17, 15) is 4.79 Å². The Balaban J connectivity index is 1.96. The summed E-state index contributed by atoms with van der Waals surface area (Å²) in [5.74, 6) is 0.0906. The average Bonchev–Trinajstić information content (AvgIpc) is 2.47. The minimum atomic E-state index is 0.0906. The van der Waals surface area contributed by atoms with Gasteiger partial charge in [0, 0.05) is 24.7 Å². The van der Waals surface area contributed by atoms with Crippen LogP contribution in [0.5, 0.6) is 0 Å². The molecular formula is C18H20N2O. The van der Waals surface area contributed by atoms with E-state index >= 15 is 0 Å². The van der Waals surface area contributed by atoms with Crippen molar-refractivity contribution in [2.24, 2.45) is 5.73 Å². The first-order valence-electron chi connectivity index (χ1n) is 7.38. The molecule has 21 heavy (non-hydrogen) atoms. The molecule has 108 valence electrons. The van der Waals surface area contributed by atoms with Crippen molar-refractivity contribution >= 4 is 5.91 Å². The highest BCUT2D eigenvalue weighted by Gasteiger charge is 2.32. The van der Waals surface area contributed by atoms with Crippen molar-refractivity contribution in [2.75, 3.05) is 13.1 Å². The lowest BCUT2D eigenvalue weighted by molar-refractivity contribution is 0.0482. The number of hydrogen-bond acceptors (Lipinski definition) is 2. The number of nitrogens with zero attached hydrogens (tertiary/aromatic N) is 1. The number of benzene rings is 2. The lowest BCUT2D eigenvalue weighted by Gasteiger charge is -2.40. The molecule has 0 saturated carbocycles. The molecule has 1 aliphatic heterocycles. The van der Waals surface area contributed by atoms with E-state index < -0.39 is 0 Å². The summed E-state index contributed by atoms with van der Waals surface area (Å²) in [6, 6.07) is 16.3. The molecule has 3 heteroatoms. The molecule has 2 aromatic rings. The van der Waals surface area contributed by atoms with Crippen LogP contribution in [0.15, 0.2) is 48.5 Å². The topological polar surface area (TPSA) is 46.3 Å². The highest BCUT2D eigenvalue weighted by Crippen LogP contribution is 2.28. The molecule has 1 saturated heterocycles. The summed E-state index contributed by atoms with van der Waals surface area (Å²) in [6.45, 7) is 3.41. The number of nitrogens with two attached hydrogens (primary N) is 1. The summed E-state index contributed by atoms with van der Waals surface area (Å²) in [5.41, 5.74) is 9.76. The molecule has 0 bridgehead atoms. The molecule has 1 amide bonds. The van der Waals surface area contributed by atoms with Crippen molar-refractivity contribution in [3.8, 4) is 11.1 Å². The number of carbonyl (C=O) groups is 1. The van der Waals surface area contributed by atoms with E-state index in [0.717, 1.165) is 29.7 Å². The predicted molar refractivity (Wildman–Crippen MR) is 85.1 cm³/mol. The Morgan fingerprint density at radius 1 is 1.19 bits per heavy atom. The standard InChI is InChI=1S/C18H20N2O/c1-13-6-8-14(9-7-13)16-4-2-3-5-17(16)18(21)20-11-10-15(20)12-19/h2-9,15H,10-12,19H2,1H3. The molecule has 2 aromatic carbocycles. The third-order valence-corrected chi connectivity index (χ3v) is 4.20. The minimum absolute atomic E-state index is 0.0906. The Labute approximate surface area is 125 Å². The molecule has 0 spiro atoms. The lowest BCUT2D eigenvalue weighted by Crippen LogP contribution is -2.54. The number of rotatable bonds is 3. The summed E-state index contributed by atoms with van der Waals surface area (Å²) in [5, 5.41) is 0. The maximum Gasteiger partial charge on any atom is 0.254 e. The second-order valence-electron chi connectivity index (χ2n) is 5.59. The zero-order chi connectivity index (χ0) is 14.8. The van der Waals surface area contributed by atoms with Gasteiger partial charge in [0.2, 0.25) is 0 Å². The quantitative estimate of drug-likeness (QED) is 0.939. The molecule has 2 N–H and O–H groups in total. The molecular weight excluding hydrogens is 260 g/mol. The Morgan fingerprint density at radius 3 is 2.52 bits per heavy atom. The second kappa shape index (κ2) is 5.70. The van der Waals surface area contributed by atoms with E-state index in [1.54, 1.807) is 0 Å². The SMILES string of the molecule is Cc1ccc(-c2ccccc2C(=O)N2CCC2CN)cc1. The smallest absolute Gasteiger partial charge is 0.254 e. The zero-order valence-corrected chi connectivity index (χ0v) is 12.3. The lowest BCUT2D eigenvalue weighted by atomic mass is 9.95. The first kappa shape index (κ1) is 13.8. The van der Waals surface area contributed by atoms with Crippen LogP contribution in [-0.2, 0) is 0 Å². The van der Waals surface area contributed by atoms with Crippen LogP contribution in [0.4, 0.5) is 0 Å². The highest BCUT2D eigenvalue weighted by atomic mass is 16.2. The predicted octanol–water partition coefficient (Wildman–Crippen LogP) is 2.84. The van der Waals surface area contributed by atoms with Crippen molar-refractivity contribution in [3.63, 3.8) is 0 Å². The molecule has 3 nitrogen and oxygen atoms in total. The van der Waals surface area contributed by atoms with Crippen LogP contribution in [0, 0.1) is 6.92 Å². The van der Waals surface area contributed by atoms with Crippen LogP contribution in [0.25, 0.3) is 11.1 Å². The van der Waals surface area contributed by atoms with E-state index in [0.29, 0.717) is 6.54 Å². The summed E-state index contributed by atoms with van der Waals surface area (Å²) in [4.78, 5) is 14.6. The Bertz CT molecular complexity index is 647. The van der Waals surface area contributed by atoms with Crippen molar-refractivity contribution in [3.05, 3.63) is 59.7 Å². The normalized spacial score (nSPS) is 17.4. The monoisotopic (exact) mass is 280 g/mol. The molecule has 0 aliphatic carbocycles. The van der Waals surface area contributed by atoms with Crippen LogP contribution in [0.2, 0.25) is 0 Å². The third kappa shape index (κ3) is 2.57. The van der Waals surface area contributed by atoms with Crippen molar-refractivity contribution in [1.29, 1.82) is 0 Å². The van der Waals surface area contributed by atoms with Crippen LogP contribution < -0.4 is 5.73 Å². The van der Waals surface area contributed by atoms with E-state index in [1.165, 1.54) is 5.56 Å².